The molecule has 0 aromatic heterocycles. The Bertz CT molecular complexity index is 1230. The topological polar surface area (TPSA) is 75.6 Å². The van der Waals surface area contributed by atoms with Crippen LogP contribution in [0.2, 0.25) is 0 Å². The minimum absolute atomic E-state index is 0.105. The molecule has 0 aliphatic heterocycles. The fraction of sp³-hybridized carbons (Fsp3) is 0.0769. The Morgan fingerprint density at radius 2 is 1.45 bits per heavy atom. The number of benzene rings is 4. The minimum atomic E-state index is -0.569. The molecule has 0 saturated heterocycles. The van der Waals surface area contributed by atoms with Gasteiger partial charge in [0.05, 0.1) is 18.7 Å². The average molecular weight is 411 g/mol. The Morgan fingerprint density at radius 3 is 2.16 bits per heavy atom. The number of hydrogen-bond acceptors (Lipinski definition) is 4. The van der Waals surface area contributed by atoms with Crippen LogP contribution < -0.4 is 5.32 Å². The van der Waals surface area contributed by atoms with E-state index in [1.165, 1.54) is 7.11 Å². The molecule has 31 heavy (non-hydrogen) atoms. The molecular weight excluding hydrogens is 390 g/mol. The van der Waals surface area contributed by atoms with Crippen LogP contribution in [0.25, 0.3) is 10.8 Å². The van der Waals surface area contributed by atoms with Crippen LogP contribution in [0.15, 0.2) is 91.0 Å². The van der Waals surface area contributed by atoms with Gasteiger partial charge in [-0.3, -0.25) is 4.79 Å². The molecule has 1 atom stereocenters. The Hall–Kier alpha value is -4.12. The van der Waals surface area contributed by atoms with Gasteiger partial charge in [0.1, 0.15) is 5.75 Å². The fourth-order valence-electron chi connectivity index (χ4n) is 3.65. The zero-order valence-electron chi connectivity index (χ0n) is 16.9. The van der Waals surface area contributed by atoms with Crippen molar-refractivity contribution in [3.8, 4) is 5.75 Å². The predicted molar refractivity (Wildman–Crippen MR) is 119 cm³/mol. The van der Waals surface area contributed by atoms with E-state index in [0.29, 0.717) is 16.7 Å². The van der Waals surface area contributed by atoms with E-state index in [0.717, 1.165) is 16.3 Å². The highest BCUT2D eigenvalue weighted by Gasteiger charge is 2.23. The number of carbonyl (C=O) groups excluding carboxylic acids is 2. The maximum Gasteiger partial charge on any atom is 0.337 e. The van der Waals surface area contributed by atoms with Crippen LogP contribution in [0.1, 0.15) is 37.9 Å². The zero-order valence-corrected chi connectivity index (χ0v) is 16.9. The highest BCUT2D eigenvalue weighted by molar-refractivity contribution is 5.97. The van der Waals surface area contributed by atoms with Gasteiger partial charge in [-0.15, -0.1) is 0 Å². The molecule has 4 aromatic rings. The molecule has 5 heteroatoms. The Labute approximate surface area is 179 Å². The van der Waals surface area contributed by atoms with Crippen LogP contribution >= 0.6 is 0 Å². The molecule has 4 rings (SSSR count). The molecule has 2 N–H and O–H groups in total. The van der Waals surface area contributed by atoms with Crippen molar-refractivity contribution in [1.82, 2.24) is 5.32 Å². The first-order chi connectivity index (χ1) is 15.1. The van der Waals surface area contributed by atoms with E-state index in [9.17, 15) is 14.7 Å². The first-order valence-corrected chi connectivity index (χ1v) is 9.83. The second-order valence-corrected chi connectivity index (χ2v) is 7.11. The van der Waals surface area contributed by atoms with Crippen molar-refractivity contribution in [3.63, 3.8) is 0 Å². The number of hydrogen-bond donors (Lipinski definition) is 2. The summed E-state index contributed by atoms with van der Waals surface area (Å²) in [5, 5.41) is 15.6. The van der Waals surface area contributed by atoms with Gasteiger partial charge in [-0.1, -0.05) is 60.7 Å². The summed E-state index contributed by atoms with van der Waals surface area (Å²) in [6, 6.07) is 26.4. The maximum absolute atomic E-state index is 13.1. The van der Waals surface area contributed by atoms with E-state index in [-0.39, 0.29) is 11.7 Å². The van der Waals surface area contributed by atoms with Gasteiger partial charge >= 0.3 is 5.97 Å². The minimum Gasteiger partial charge on any atom is -0.508 e. The fourth-order valence-corrected chi connectivity index (χ4v) is 3.65. The highest BCUT2D eigenvalue weighted by Crippen LogP contribution is 2.36. The quantitative estimate of drug-likeness (QED) is 0.460. The normalized spacial score (nSPS) is 11.6. The van der Waals surface area contributed by atoms with Gasteiger partial charge in [-0.05, 0) is 46.7 Å². The van der Waals surface area contributed by atoms with E-state index in [2.05, 4.69) is 5.32 Å². The number of methoxy groups -OCH3 is 1. The molecule has 0 spiro atoms. The first kappa shape index (κ1) is 20.2. The largest absolute Gasteiger partial charge is 0.508 e. The molecule has 0 radical (unpaired) electrons. The van der Waals surface area contributed by atoms with Gasteiger partial charge in [0.25, 0.3) is 5.91 Å². The molecule has 0 saturated carbocycles. The molecule has 5 nitrogen and oxygen atoms in total. The van der Waals surface area contributed by atoms with Crippen molar-refractivity contribution in [1.29, 1.82) is 0 Å². The third-order valence-corrected chi connectivity index (χ3v) is 5.21. The third kappa shape index (κ3) is 4.12. The van der Waals surface area contributed by atoms with Crippen molar-refractivity contribution < 1.29 is 19.4 Å². The van der Waals surface area contributed by atoms with Crippen molar-refractivity contribution in [2.45, 2.75) is 6.04 Å². The Balaban J connectivity index is 1.75. The monoisotopic (exact) mass is 411 g/mol. The van der Waals surface area contributed by atoms with Gasteiger partial charge in [0, 0.05) is 11.1 Å². The lowest BCUT2D eigenvalue weighted by Gasteiger charge is -2.23. The van der Waals surface area contributed by atoms with Crippen LogP contribution in [-0.4, -0.2) is 24.1 Å². The predicted octanol–water partition coefficient (Wildman–Crippen LogP) is 4.85. The van der Waals surface area contributed by atoms with Gasteiger partial charge in [-0.25, -0.2) is 4.79 Å². The van der Waals surface area contributed by atoms with E-state index in [4.69, 9.17) is 4.74 Å². The maximum atomic E-state index is 13.1. The van der Waals surface area contributed by atoms with Crippen molar-refractivity contribution >= 4 is 22.6 Å². The number of rotatable bonds is 5. The van der Waals surface area contributed by atoms with Crippen LogP contribution in [0, 0.1) is 0 Å². The second kappa shape index (κ2) is 8.71. The number of ether oxygens (including phenoxy) is 1. The molecular formula is C26H21NO4. The van der Waals surface area contributed by atoms with E-state index >= 15 is 0 Å². The Morgan fingerprint density at radius 1 is 0.806 bits per heavy atom. The standard InChI is InChI=1S/C26H21NO4/c1-31-26(30)20-13-11-19(12-14-20)25(29)27-24(18-8-3-2-4-9-18)23-21-10-6-5-7-17(21)15-16-22(23)28/h2-16,24,28H,1H3,(H,27,29). The number of phenolic OH excluding ortho intramolecular Hbond substituents is 1. The van der Waals surface area contributed by atoms with Gasteiger partial charge < -0.3 is 15.2 Å². The van der Waals surface area contributed by atoms with Crippen LogP contribution in [0.3, 0.4) is 0 Å². The summed E-state index contributed by atoms with van der Waals surface area (Å²) in [4.78, 5) is 24.7. The van der Waals surface area contributed by atoms with Crippen molar-refractivity contribution in [3.05, 3.63) is 113 Å². The number of esters is 1. The average Bonchev–Trinajstić information content (AvgIpc) is 2.83. The molecule has 4 aromatic carbocycles. The van der Waals surface area contributed by atoms with Gasteiger partial charge in [0.15, 0.2) is 0 Å². The smallest absolute Gasteiger partial charge is 0.337 e. The third-order valence-electron chi connectivity index (χ3n) is 5.21. The van der Waals surface area contributed by atoms with Crippen molar-refractivity contribution in [2.75, 3.05) is 7.11 Å². The zero-order chi connectivity index (χ0) is 21.8. The summed E-state index contributed by atoms with van der Waals surface area (Å²) in [7, 11) is 1.31. The molecule has 1 amide bonds. The summed E-state index contributed by atoms with van der Waals surface area (Å²) in [6.45, 7) is 0. The lowest BCUT2D eigenvalue weighted by Crippen LogP contribution is -2.29. The van der Waals surface area contributed by atoms with Gasteiger partial charge in [0.2, 0.25) is 0 Å². The summed E-state index contributed by atoms with van der Waals surface area (Å²) in [5.41, 5.74) is 2.23. The van der Waals surface area contributed by atoms with Crippen LogP contribution in [0.4, 0.5) is 0 Å². The molecule has 154 valence electrons. The SMILES string of the molecule is COC(=O)c1ccc(C(=O)NC(c2ccccc2)c2c(O)ccc3ccccc23)cc1. The molecule has 0 aliphatic rings. The van der Waals surface area contributed by atoms with Crippen molar-refractivity contribution in [2.24, 2.45) is 0 Å². The molecule has 0 fully saturated rings. The molecule has 0 aliphatic carbocycles. The van der Waals surface area contributed by atoms with E-state index in [1.807, 2.05) is 60.7 Å². The number of fused-ring (bicyclic) bond motifs is 1. The number of carbonyl (C=O) groups is 2. The summed E-state index contributed by atoms with van der Waals surface area (Å²) in [6.07, 6.45) is 0. The lowest BCUT2D eigenvalue weighted by atomic mass is 9.92. The van der Waals surface area contributed by atoms with E-state index in [1.54, 1.807) is 30.3 Å². The van der Waals surface area contributed by atoms with Crippen LogP contribution in [-0.2, 0) is 4.74 Å². The number of aromatic hydroxyl groups is 1. The highest BCUT2D eigenvalue weighted by atomic mass is 16.5. The summed E-state index contributed by atoms with van der Waals surface area (Å²) < 4.78 is 4.70. The van der Waals surface area contributed by atoms with Crippen LogP contribution in [0.5, 0.6) is 5.75 Å². The second-order valence-electron chi connectivity index (χ2n) is 7.11. The Kier molecular flexibility index (Phi) is 5.67. The summed E-state index contributed by atoms with van der Waals surface area (Å²) in [5.74, 6) is -0.679. The number of amides is 1. The first-order valence-electron chi connectivity index (χ1n) is 9.83. The molecule has 1 unspecified atom stereocenters. The number of nitrogens with one attached hydrogen (secondary N) is 1. The lowest BCUT2D eigenvalue weighted by molar-refractivity contribution is 0.0600. The molecule has 0 heterocycles. The van der Waals surface area contributed by atoms with E-state index < -0.39 is 12.0 Å². The van der Waals surface area contributed by atoms with Gasteiger partial charge in [-0.2, -0.15) is 0 Å². The summed E-state index contributed by atoms with van der Waals surface area (Å²) >= 11 is 0. The number of phenols is 1. The molecule has 0 bridgehead atoms.